The number of benzene rings is 2. The van der Waals surface area contributed by atoms with Crippen molar-refractivity contribution < 1.29 is 14.3 Å². The van der Waals surface area contributed by atoms with E-state index in [1.807, 2.05) is 35.0 Å². The molecule has 3 N–H and O–H groups in total. The van der Waals surface area contributed by atoms with Gasteiger partial charge in [-0.2, -0.15) is 5.10 Å². The number of nitrogens with two attached hydrogens (primary N) is 1. The van der Waals surface area contributed by atoms with Gasteiger partial charge >= 0.3 is 0 Å². The molecule has 0 atom stereocenters. The van der Waals surface area contributed by atoms with E-state index in [4.69, 9.17) is 10.5 Å². The van der Waals surface area contributed by atoms with Crippen LogP contribution in [0.3, 0.4) is 0 Å². The summed E-state index contributed by atoms with van der Waals surface area (Å²) in [5.74, 6) is -0.235. The summed E-state index contributed by atoms with van der Waals surface area (Å²) in [6.07, 6.45) is 3.71. The van der Waals surface area contributed by atoms with Gasteiger partial charge in [-0.25, -0.2) is 5.43 Å². The molecule has 2 amide bonds. The number of fused-ring (bicyclic) bond motifs is 1. The zero-order valence-corrected chi connectivity index (χ0v) is 14.9. The molecule has 1 aromatic heterocycles. The molecule has 0 bridgehead atoms. The third kappa shape index (κ3) is 4.14. The Morgan fingerprint density at radius 3 is 2.70 bits per heavy atom. The lowest BCUT2D eigenvalue weighted by Crippen LogP contribution is -2.18. The molecule has 2 aromatic carbocycles. The van der Waals surface area contributed by atoms with Gasteiger partial charge in [-0.1, -0.05) is 30.3 Å². The van der Waals surface area contributed by atoms with Gasteiger partial charge in [0.05, 0.1) is 18.9 Å². The normalized spacial score (nSPS) is 11.0. The van der Waals surface area contributed by atoms with Crippen molar-refractivity contribution in [1.82, 2.24) is 9.99 Å². The highest BCUT2D eigenvalue weighted by Gasteiger charge is 2.11. The molecule has 27 heavy (non-hydrogen) atoms. The highest BCUT2D eigenvalue weighted by molar-refractivity contribution is 6.01. The van der Waals surface area contributed by atoms with Crippen LogP contribution in [-0.2, 0) is 11.3 Å². The summed E-state index contributed by atoms with van der Waals surface area (Å²) in [5.41, 5.74) is 9.96. The van der Waals surface area contributed by atoms with Crippen molar-refractivity contribution in [2.75, 3.05) is 7.11 Å². The number of aryl methyl sites for hydroxylation is 1. The number of hydrazone groups is 1. The Kier molecular flexibility index (Phi) is 5.51. The fourth-order valence-electron chi connectivity index (χ4n) is 2.85. The highest BCUT2D eigenvalue weighted by atomic mass is 16.5. The van der Waals surface area contributed by atoms with Crippen LogP contribution < -0.4 is 15.9 Å². The number of carbonyl (C=O) groups is 2. The van der Waals surface area contributed by atoms with Crippen LogP contribution in [0.25, 0.3) is 10.9 Å². The lowest BCUT2D eigenvalue weighted by molar-refractivity contribution is -0.118. The van der Waals surface area contributed by atoms with Crippen LogP contribution in [0.4, 0.5) is 0 Å². The Morgan fingerprint density at radius 1 is 1.19 bits per heavy atom. The topological polar surface area (TPSA) is 98.7 Å². The molecule has 0 spiro atoms. The number of nitrogens with zero attached hydrogens (tertiary/aromatic N) is 2. The number of methoxy groups -OCH3 is 1. The quantitative estimate of drug-likeness (QED) is 0.497. The summed E-state index contributed by atoms with van der Waals surface area (Å²) in [6.45, 7) is 0.483. The van der Waals surface area contributed by atoms with Crippen molar-refractivity contribution in [3.05, 3.63) is 65.9 Å². The third-order valence-corrected chi connectivity index (χ3v) is 4.14. The largest absolute Gasteiger partial charge is 0.496 e. The number of para-hydroxylation sites is 2. The smallest absolute Gasteiger partial charge is 0.275 e. The van der Waals surface area contributed by atoms with Crippen molar-refractivity contribution in [3.8, 4) is 5.75 Å². The van der Waals surface area contributed by atoms with Gasteiger partial charge in [0, 0.05) is 35.6 Å². The molecule has 0 saturated heterocycles. The maximum atomic E-state index is 12.3. The molecular weight excluding hydrogens is 344 g/mol. The third-order valence-electron chi connectivity index (χ3n) is 4.14. The first-order valence-electron chi connectivity index (χ1n) is 8.42. The van der Waals surface area contributed by atoms with Gasteiger partial charge in [-0.05, 0) is 18.2 Å². The molecule has 7 heteroatoms. The van der Waals surface area contributed by atoms with Gasteiger partial charge in [-0.15, -0.1) is 0 Å². The monoisotopic (exact) mass is 364 g/mol. The minimum absolute atomic E-state index is 0.250. The van der Waals surface area contributed by atoms with Crippen LogP contribution in [0.5, 0.6) is 5.75 Å². The minimum Gasteiger partial charge on any atom is -0.496 e. The van der Waals surface area contributed by atoms with Gasteiger partial charge in [0.1, 0.15) is 5.75 Å². The predicted octanol–water partition coefficient (Wildman–Crippen LogP) is 2.29. The second-order valence-electron chi connectivity index (χ2n) is 5.91. The first kappa shape index (κ1) is 18.2. The van der Waals surface area contributed by atoms with E-state index >= 15 is 0 Å². The average molecular weight is 364 g/mol. The van der Waals surface area contributed by atoms with Crippen LogP contribution in [-0.4, -0.2) is 29.7 Å². The zero-order valence-electron chi connectivity index (χ0n) is 14.9. The van der Waals surface area contributed by atoms with Crippen molar-refractivity contribution in [2.24, 2.45) is 10.8 Å². The molecule has 0 radical (unpaired) electrons. The van der Waals surface area contributed by atoms with Crippen LogP contribution in [0.1, 0.15) is 22.3 Å². The Hall–Kier alpha value is -3.61. The van der Waals surface area contributed by atoms with Crippen molar-refractivity contribution in [2.45, 2.75) is 13.0 Å². The maximum absolute atomic E-state index is 12.3. The maximum Gasteiger partial charge on any atom is 0.275 e. The van der Waals surface area contributed by atoms with Crippen LogP contribution >= 0.6 is 0 Å². The molecule has 0 aliphatic rings. The van der Waals surface area contributed by atoms with Crippen LogP contribution in [0.2, 0.25) is 0 Å². The van der Waals surface area contributed by atoms with E-state index in [0.29, 0.717) is 17.9 Å². The van der Waals surface area contributed by atoms with Crippen molar-refractivity contribution in [1.29, 1.82) is 0 Å². The lowest BCUT2D eigenvalue weighted by Gasteiger charge is -2.05. The summed E-state index contributed by atoms with van der Waals surface area (Å²) in [5, 5.41) is 5.04. The van der Waals surface area contributed by atoms with E-state index in [2.05, 4.69) is 10.5 Å². The molecule has 1 heterocycles. The van der Waals surface area contributed by atoms with Crippen LogP contribution in [0, 0.1) is 0 Å². The number of hydrogen-bond donors (Lipinski definition) is 2. The number of aromatic nitrogens is 1. The SMILES string of the molecule is COc1ccccc1C(=O)N/N=C\c1cn(CCC(N)=O)c2ccccc12. The lowest BCUT2D eigenvalue weighted by atomic mass is 10.2. The summed E-state index contributed by atoms with van der Waals surface area (Å²) < 4.78 is 7.13. The highest BCUT2D eigenvalue weighted by Crippen LogP contribution is 2.20. The zero-order chi connectivity index (χ0) is 19.2. The number of ether oxygens (including phenoxy) is 1. The minimum atomic E-state index is -0.360. The number of carbonyl (C=O) groups excluding carboxylic acids is 2. The van der Waals surface area contributed by atoms with Crippen LogP contribution in [0.15, 0.2) is 59.8 Å². The number of amides is 2. The van der Waals surface area contributed by atoms with Crippen molar-refractivity contribution in [3.63, 3.8) is 0 Å². The number of rotatable bonds is 7. The molecule has 0 aliphatic heterocycles. The molecule has 0 unspecified atom stereocenters. The molecule has 7 nitrogen and oxygen atoms in total. The van der Waals surface area contributed by atoms with E-state index in [-0.39, 0.29) is 18.2 Å². The predicted molar refractivity (Wildman–Crippen MR) is 104 cm³/mol. The molecule has 138 valence electrons. The number of hydrogen-bond acceptors (Lipinski definition) is 4. The van der Waals surface area contributed by atoms with Gasteiger partial charge in [0.15, 0.2) is 0 Å². The second kappa shape index (κ2) is 8.18. The summed E-state index contributed by atoms with van der Waals surface area (Å²) in [7, 11) is 1.51. The Balaban J connectivity index is 1.80. The average Bonchev–Trinajstić information content (AvgIpc) is 3.04. The molecule has 3 aromatic rings. The Bertz CT molecular complexity index is 1010. The summed E-state index contributed by atoms with van der Waals surface area (Å²) in [4.78, 5) is 23.4. The first-order chi connectivity index (χ1) is 13.1. The van der Waals surface area contributed by atoms with Crippen molar-refractivity contribution >= 4 is 28.9 Å². The molecule has 0 aliphatic carbocycles. The van der Waals surface area contributed by atoms with E-state index in [1.165, 1.54) is 7.11 Å². The molecular formula is C20H20N4O3. The standard InChI is InChI=1S/C20H20N4O3/c1-27-18-9-5-3-7-16(18)20(26)23-22-12-14-13-24(11-10-19(21)25)17-8-4-2-6-15(14)17/h2-9,12-13H,10-11H2,1H3,(H2,21,25)(H,23,26)/b22-12-. The van der Waals surface area contributed by atoms with Gasteiger partial charge < -0.3 is 15.0 Å². The van der Waals surface area contributed by atoms with E-state index in [9.17, 15) is 9.59 Å². The van der Waals surface area contributed by atoms with Gasteiger partial charge in [0.2, 0.25) is 5.91 Å². The molecule has 0 fully saturated rings. The van der Waals surface area contributed by atoms with Gasteiger partial charge in [-0.3, -0.25) is 9.59 Å². The van der Waals surface area contributed by atoms with E-state index < -0.39 is 0 Å². The number of nitrogens with one attached hydrogen (secondary N) is 1. The van der Waals surface area contributed by atoms with Gasteiger partial charge in [0.25, 0.3) is 5.91 Å². The molecule has 3 rings (SSSR count). The fraction of sp³-hybridized carbons (Fsp3) is 0.150. The first-order valence-corrected chi connectivity index (χ1v) is 8.42. The molecule has 0 saturated carbocycles. The Labute approximate surface area is 156 Å². The fourth-order valence-corrected chi connectivity index (χ4v) is 2.85. The summed E-state index contributed by atoms with van der Waals surface area (Å²) >= 11 is 0. The van der Waals surface area contributed by atoms with E-state index in [1.54, 1.807) is 30.5 Å². The number of primary amides is 1. The van der Waals surface area contributed by atoms with E-state index in [0.717, 1.165) is 16.5 Å². The second-order valence-corrected chi connectivity index (χ2v) is 5.91. The Morgan fingerprint density at radius 2 is 1.93 bits per heavy atom. The summed E-state index contributed by atoms with van der Waals surface area (Å²) in [6, 6.07) is 14.7.